The molecule has 1 N–H and O–H groups in total. The number of hydrogen-bond acceptors (Lipinski definition) is 2. The summed E-state index contributed by atoms with van der Waals surface area (Å²) in [6, 6.07) is 8.95. The average molecular weight is 347 g/mol. The molecule has 2 unspecified atom stereocenters. The second-order valence-corrected chi connectivity index (χ2v) is 7.29. The highest BCUT2D eigenvalue weighted by atomic mass is 79.9. The first-order valence-electron chi connectivity index (χ1n) is 7.96. The van der Waals surface area contributed by atoms with Crippen molar-refractivity contribution in [3.05, 3.63) is 34.9 Å². The van der Waals surface area contributed by atoms with Gasteiger partial charge >= 0.3 is 0 Å². The van der Waals surface area contributed by atoms with E-state index in [1.54, 1.807) is 0 Å². The van der Waals surface area contributed by atoms with Crippen LogP contribution in [0, 0.1) is 11.8 Å². The molecule has 3 rings (SSSR count). The number of nitrogens with one attached hydrogen (secondary N) is 1. The minimum Gasteiger partial charge on any atom is -0.367 e. The number of rotatable bonds is 3. The number of pyridine rings is 1. The number of benzene rings is 1. The molecule has 1 aliphatic carbocycles. The van der Waals surface area contributed by atoms with E-state index in [0.29, 0.717) is 6.04 Å². The first kappa shape index (κ1) is 14.8. The predicted molar refractivity (Wildman–Crippen MR) is 93.6 cm³/mol. The average Bonchev–Trinajstić information content (AvgIpc) is 2.49. The van der Waals surface area contributed by atoms with Crippen LogP contribution in [0.15, 0.2) is 34.9 Å². The van der Waals surface area contributed by atoms with E-state index in [4.69, 9.17) is 0 Å². The van der Waals surface area contributed by atoms with Crippen LogP contribution in [0.25, 0.3) is 10.8 Å². The molecule has 21 heavy (non-hydrogen) atoms. The Morgan fingerprint density at radius 2 is 1.95 bits per heavy atom. The summed E-state index contributed by atoms with van der Waals surface area (Å²) in [5.41, 5.74) is 0. The van der Waals surface area contributed by atoms with Gasteiger partial charge in [-0.25, -0.2) is 4.98 Å². The molecule has 0 spiro atoms. The number of anilines is 1. The zero-order chi connectivity index (χ0) is 14.8. The summed E-state index contributed by atoms with van der Waals surface area (Å²) in [5, 5.41) is 6.19. The van der Waals surface area contributed by atoms with Gasteiger partial charge < -0.3 is 5.32 Å². The lowest BCUT2D eigenvalue weighted by atomic mass is 9.78. The Hall–Kier alpha value is -1.09. The van der Waals surface area contributed by atoms with Crippen molar-refractivity contribution in [1.29, 1.82) is 0 Å². The molecule has 0 bridgehead atoms. The van der Waals surface area contributed by atoms with Crippen molar-refractivity contribution in [3.8, 4) is 0 Å². The molecule has 1 fully saturated rings. The fourth-order valence-corrected chi connectivity index (χ4v) is 4.09. The van der Waals surface area contributed by atoms with Crippen LogP contribution in [-0.4, -0.2) is 11.0 Å². The number of halogens is 1. The van der Waals surface area contributed by atoms with Gasteiger partial charge in [-0.15, -0.1) is 0 Å². The van der Waals surface area contributed by atoms with Crippen LogP contribution in [-0.2, 0) is 0 Å². The highest BCUT2D eigenvalue weighted by Crippen LogP contribution is 2.34. The van der Waals surface area contributed by atoms with Gasteiger partial charge in [-0.3, -0.25) is 0 Å². The van der Waals surface area contributed by atoms with E-state index in [0.717, 1.165) is 22.1 Å². The third-order valence-corrected chi connectivity index (χ3v) is 5.44. The van der Waals surface area contributed by atoms with E-state index in [1.165, 1.54) is 36.5 Å². The molecule has 3 heteroatoms. The van der Waals surface area contributed by atoms with E-state index in [-0.39, 0.29) is 0 Å². The summed E-state index contributed by atoms with van der Waals surface area (Å²) < 4.78 is 1.13. The molecule has 1 aromatic heterocycles. The summed E-state index contributed by atoms with van der Waals surface area (Å²) in [5.74, 6) is 2.51. The van der Waals surface area contributed by atoms with Crippen LogP contribution >= 0.6 is 15.9 Å². The molecule has 2 nitrogen and oxygen atoms in total. The molecule has 1 aliphatic rings. The van der Waals surface area contributed by atoms with Gasteiger partial charge in [0.25, 0.3) is 0 Å². The Bertz CT molecular complexity index is 624. The SMILES string of the molecule is CC(C)C1CCCCC1Nc1nccc2c(Br)cccc12. The normalized spacial score (nSPS) is 22.7. The van der Waals surface area contributed by atoms with E-state index in [9.17, 15) is 0 Å². The largest absolute Gasteiger partial charge is 0.367 e. The van der Waals surface area contributed by atoms with Gasteiger partial charge in [0.05, 0.1) is 0 Å². The third kappa shape index (κ3) is 3.08. The van der Waals surface area contributed by atoms with Crippen molar-refractivity contribution in [2.75, 3.05) is 5.32 Å². The molecule has 0 aliphatic heterocycles. The van der Waals surface area contributed by atoms with E-state index < -0.39 is 0 Å². The topological polar surface area (TPSA) is 24.9 Å². The number of fused-ring (bicyclic) bond motifs is 1. The standard InChI is InChI=1S/C18H23BrN2/c1-12(2)13-6-3-4-9-17(13)21-18-15-7-5-8-16(19)14(15)10-11-20-18/h5,7-8,10-13,17H,3-4,6,9H2,1-2H3,(H,20,21). The maximum atomic E-state index is 4.60. The van der Waals surface area contributed by atoms with Gasteiger partial charge in [0.15, 0.2) is 0 Å². The monoisotopic (exact) mass is 346 g/mol. The van der Waals surface area contributed by atoms with Crippen molar-refractivity contribution in [2.45, 2.75) is 45.6 Å². The second-order valence-electron chi connectivity index (χ2n) is 6.44. The first-order valence-corrected chi connectivity index (χ1v) is 8.76. The van der Waals surface area contributed by atoms with Gasteiger partial charge in [0, 0.05) is 27.5 Å². The molecule has 0 radical (unpaired) electrons. The fourth-order valence-electron chi connectivity index (χ4n) is 3.60. The Morgan fingerprint density at radius 3 is 2.76 bits per heavy atom. The van der Waals surface area contributed by atoms with Crippen LogP contribution in [0.3, 0.4) is 0 Å². The molecule has 2 atom stereocenters. The van der Waals surface area contributed by atoms with Crippen molar-refractivity contribution in [1.82, 2.24) is 4.98 Å². The molecule has 112 valence electrons. The molecule has 1 heterocycles. The maximum Gasteiger partial charge on any atom is 0.134 e. The number of nitrogens with zero attached hydrogens (tertiary/aromatic N) is 1. The Balaban J connectivity index is 1.92. The van der Waals surface area contributed by atoms with Gasteiger partial charge in [-0.05, 0) is 36.8 Å². The zero-order valence-electron chi connectivity index (χ0n) is 12.8. The third-order valence-electron chi connectivity index (χ3n) is 4.75. The quantitative estimate of drug-likeness (QED) is 0.779. The highest BCUT2D eigenvalue weighted by molar-refractivity contribution is 9.10. The van der Waals surface area contributed by atoms with Gasteiger partial charge in [-0.2, -0.15) is 0 Å². The van der Waals surface area contributed by atoms with Gasteiger partial charge in [-0.1, -0.05) is 54.8 Å². The van der Waals surface area contributed by atoms with E-state index >= 15 is 0 Å². The summed E-state index contributed by atoms with van der Waals surface area (Å²) in [6.07, 6.45) is 7.20. The molecule has 1 saturated carbocycles. The lowest BCUT2D eigenvalue weighted by Crippen LogP contribution is -2.35. The minimum atomic E-state index is 0.552. The van der Waals surface area contributed by atoms with E-state index in [1.807, 2.05) is 6.20 Å². The molecule has 1 aromatic carbocycles. The Labute approximate surface area is 135 Å². The fraction of sp³-hybridized carbons (Fsp3) is 0.500. The van der Waals surface area contributed by atoms with Crippen molar-refractivity contribution >= 4 is 32.5 Å². The lowest BCUT2D eigenvalue weighted by Gasteiger charge is -2.35. The van der Waals surface area contributed by atoms with Crippen LogP contribution in [0.4, 0.5) is 5.82 Å². The molecule has 2 aromatic rings. The van der Waals surface area contributed by atoms with Crippen LogP contribution < -0.4 is 5.32 Å². The van der Waals surface area contributed by atoms with Crippen LogP contribution in [0.2, 0.25) is 0 Å². The summed E-state index contributed by atoms with van der Waals surface area (Å²) >= 11 is 3.64. The smallest absolute Gasteiger partial charge is 0.134 e. The first-order chi connectivity index (χ1) is 10.2. The van der Waals surface area contributed by atoms with Gasteiger partial charge in [0.1, 0.15) is 5.82 Å². The molecular weight excluding hydrogens is 324 g/mol. The van der Waals surface area contributed by atoms with Gasteiger partial charge in [0.2, 0.25) is 0 Å². The summed E-state index contributed by atoms with van der Waals surface area (Å²) in [6.45, 7) is 4.69. The van der Waals surface area contributed by atoms with Crippen LogP contribution in [0.5, 0.6) is 0 Å². The van der Waals surface area contributed by atoms with Crippen molar-refractivity contribution in [3.63, 3.8) is 0 Å². The van der Waals surface area contributed by atoms with Crippen molar-refractivity contribution in [2.24, 2.45) is 11.8 Å². The summed E-state index contributed by atoms with van der Waals surface area (Å²) in [4.78, 5) is 4.60. The number of aromatic nitrogens is 1. The number of hydrogen-bond donors (Lipinski definition) is 1. The highest BCUT2D eigenvalue weighted by Gasteiger charge is 2.27. The minimum absolute atomic E-state index is 0.552. The second kappa shape index (κ2) is 6.35. The molecule has 0 amide bonds. The maximum absolute atomic E-state index is 4.60. The van der Waals surface area contributed by atoms with Crippen LogP contribution in [0.1, 0.15) is 39.5 Å². The van der Waals surface area contributed by atoms with Crippen molar-refractivity contribution < 1.29 is 0 Å². The summed E-state index contributed by atoms with van der Waals surface area (Å²) in [7, 11) is 0. The molecule has 0 saturated heterocycles. The lowest BCUT2D eigenvalue weighted by molar-refractivity contribution is 0.253. The van der Waals surface area contributed by atoms with E-state index in [2.05, 4.69) is 64.3 Å². The Kier molecular flexibility index (Phi) is 4.48. The zero-order valence-corrected chi connectivity index (χ0v) is 14.4. The predicted octanol–water partition coefficient (Wildman–Crippen LogP) is 5.62. The molecular formula is C18H23BrN2. The Morgan fingerprint density at radius 1 is 1.14 bits per heavy atom.